The quantitative estimate of drug-likeness (QED) is 0.615. The predicted molar refractivity (Wildman–Crippen MR) is 45.7 cm³/mol. The van der Waals surface area contributed by atoms with Crippen molar-refractivity contribution < 1.29 is 4.39 Å². The molecule has 0 saturated carbocycles. The molecule has 0 aliphatic heterocycles. The van der Waals surface area contributed by atoms with Crippen LogP contribution in [0.3, 0.4) is 0 Å². The third kappa shape index (κ3) is 0.975. The van der Waals surface area contributed by atoms with Gasteiger partial charge in [0.2, 0.25) is 0 Å². The van der Waals surface area contributed by atoms with E-state index in [0.717, 1.165) is 5.39 Å². The number of rotatable bonds is 0. The van der Waals surface area contributed by atoms with E-state index in [-0.39, 0.29) is 5.82 Å². The average Bonchev–Trinajstić information content (AvgIpc) is 2.28. The first kappa shape index (κ1) is 7.55. The largest absolute Gasteiger partial charge is 0.266 e. The molecule has 0 aliphatic carbocycles. The third-order valence-corrected chi connectivity index (χ3v) is 2.05. The predicted octanol–water partition coefficient (Wildman–Crippen LogP) is 2.37. The lowest BCUT2D eigenvalue weighted by molar-refractivity contribution is 0.628. The van der Waals surface area contributed by atoms with E-state index >= 15 is 0 Å². The minimum atomic E-state index is -0.276. The number of fused-ring (bicyclic) bond motifs is 1. The van der Waals surface area contributed by atoms with E-state index in [1.807, 2.05) is 0 Å². The number of nitrogens with zero attached hydrogens (tertiary/aromatic N) is 2. The van der Waals surface area contributed by atoms with Gasteiger partial charge in [0.1, 0.15) is 5.82 Å². The summed E-state index contributed by atoms with van der Waals surface area (Å²) < 4.78 is 14.3. The summed E-state index contributed by atoms with van der Waals surface area (Å²) in [5, 5.41) is 5.13. The Labute approximate surface area is 73.6 Å². The standard InChI is InChI=1S/C8H6ClFN2/c1-12-7-4-5(10)2-3-6(7)8(9)11-12/h2-4H,1H3. The number of benzene rings is 1. The zero-order valence-electron chi connectivity index (χ0n) is 6.38. The van der Waals surface area contributed by atoms with Gasteiger partial charge in [0.05, 0.1) is 5.52 Å². The lowest BCUT2D eigenvalue weighted by Gasteiger charge is -1.92. The Bertz CT molecular complexity index is 436. The molecular weight excluding hydrogens is 179 g/mol. The Morgan fingerprint density at radius 3 is 3.00 bits per heavy atom. The van der Waals surface area contributed by atoms with Crippen molar-refractivity contribution in [2.24, 2.45) is 7.05 Å². The van der Waals surface area contributed by atoms with Crippen LogP contribution >= 0.6 is 11.6 Å². The zero-order valence-corrected chi connectivity index (χ0v) is 7.14. The van der Waals surface area contributed by atoms with E-state index in [4.69, 9.17) is 11.6 Å². The lowest BCUT2D eigenvalue weighted by atomic mass is 10.2. The maximum atomic E-state index is 12.7. The molecule has 2 nitrogen and oxygen atoms in total. The van der Waals surface area contributed by atoms with E-state index < -0.39 is 0 Å². The van der Waals surface area contributed by atoms with Gasteiger partial charge in [0, 0.05) is 12.4 Å². The number of hydrogen-bond donors (Lipinski definition) is 0. The van der Waals surface area contributed by atoms with Gasteiger partial charge in [-0.05, 0) is 18.2 Å². The van der Waals surface area contributed by atoms with Crippen molar-refractivity contribution in [3.63, 3.8) is 0 Å². The SMILES string of the molecule is Cn1nc(Cl)c2ccc(F)cc21. The highest BCUT2D eigenvalue weighted by Crippen LogP contribution is 2.22. The zero-order chi connectivity index (χ0) is 8.72. The van der Waals surface area contributed by atoms with Crippen LogP contribution in [0, 0.1) is 5.82 Å². The number of aryl methyl sites for hydroxylation is 1. The van der Waals surface area contributed by atoms with Gasteiger partial charge in [-0.3, -0.25) is 4.68 Å². The molecule has 0 unspecified atom stereocenters. The van der Waals surface area contributed by atoms with Crippen molar-refractivity contribution in [1.82, 2.24) is 9.78 Å². The molecule has 0 amide bonds. The van der Waals surface area contributed by atoms with E-state index in [2.05, 4.69) is 5.10 Å². The van der Waals surface area contributed by atoms with Gasteiger partial charge in [0.25, 0.3) is 0 Å². The third-order valence-electron chi connectivity index (χ3n) is 1.77. The Hall–Kier alpha value is -1.09. The van der Waals surface area contributed by atoms with Crippen LogP contribution < -0.4 is 0 Å². The monoisotopic (exact) mass is 184 g/mol. The summed E-state index contributed by atoms with van der Waals surface area (Å²) in [7, 11) is 1.73. The summed E-state index contributed by atoms with van der Waals surface area (Å²) in [5.74, 6) is -0.276. The van der Waals surface area contributed by atoms with Crippen LogP contribution in [0.15, 0.2) is 18.2 Å². The van der Waals surface area contributed by atoms with Gasteiger partial charge in [-0.2, -0.15) is 5.10 Å². The van der Waals surface area contributed by atoms with Gasteiger partial charge in [0.15, 0.2) is 5.15 Å². The van der Waals surface area contributed by atoms with Crippen LogP contribution in [0.2, 0.25) is 5.15 Å². The van der Waals surface area contributed by atoms with Crippen molar-refractivity contribution in [3.8, 4) is 0 Å². The van der Waals surface area contributed by atoms with Crippen LogP contribution in [0.4, 0.5) is 4.39 Å². The van der Waals surface area contributed by atoms with Gasteiger partial charge < -0.3 is 0 Å². The summed E-state index contributed by atoms with van der Waals surface area (Å²) in [5.41, 5.74) is 0.708. The molecule has 0 aliphatic rings. The highest BCUT2D eigenvalue weighted by molar-refractivity contribution is 6.34. The Kier molecular flexibility index (Phi) is 1.54. The number of halogens is 2. The first-order valence-electron chi connectivity index (χ1n) is 3.46. The van der Waals surface area contributed by atoms with Gasteiger partial charge in [-0.25, -0.2) is 4.39 Å². The molecule has 0 radical (unpaired) electrons. The maximum Gasteiger partial charge on any atom is 0.158 e. The van der Waals surface area contributed by atoms with Gasteiger partial charge in [-0.15, -0.1) is 0 Å². The first-order valence-corrected chi connectivity index (χ1v) is 3.84. The molecule has 0 N–H and O–H groups in total. The summed E-state index contributed by atoms with van der Waals surface area (Å²) in [6.45, 7) is 0. The fourth-order valence-corrected chi connectivity index (χ4v) is 1.46. The molecular formula is C8H6ClFN2. The Balaban J connectivity index is 2.90. The molecule has 0 spiro atoms. The minimum Gasteiger partial charge on any atom is -0.266 e. The second kappa shape index (κ2) is 2.45. The molecule has 12 heavy (non-hydrogen) atoms. The summed E-state index contributed by atoms with van der Waals surface area (Å²) >= 11 is 5.78. The van der Waals surface area contributed by atoms with Crippen molar-refractivity contribution in [1.29, 1.82) is 0 Å². The molecule has 0 fully saturated rings. The van der Waals surface area contributed by atoms with E-state index in [1.165, 1.54) is 12.1 Å². The minimum absolute atomic E-state index is 0.276. The molecule has 0 bridgehead atoms. The summed E-state index contributed by atoms with van der Waals surface area (Å²) in [6.07, 6.45) is 0. The second-order valence-electron chi connectivity index (χ2n) is 2.58. The normalized spacial score (nSPS) is 10.9. The topological polar surface area (TPSA) is 17.8 Å². The van der Waals surface area contributed by atoms with Crippen molar-refractivity contribution in [3.05, 3.63) is 29.2 Å². The van der Waals surface area contributed by atoms with Gasteiger partial charge >= 0.3 is 0 Å². The first-order chi connectivity index (χ1) is 5.68. The number of aromatic nitrogens is 2. The molecule has 0 atom stereocenters. The van der Waals surface area contributed by atoms with Gasteiger partial charge in [-0.1, -0.05) is 11.6 Å². The van der Waals surface area contributed by atoms with Crippen LogP contribution in [0.1, 0.15) is 0 Å². The number of hydrogen-bond acceptors (Lipinski definition) is 1. The molecule has 0 saturated heterocycles. The Morgan fingerprint density at radius 2 is 2.25 bits per heavy atom. The highest BCUT2D eigenvalue weighted by Gasteiger charge is 2.05. The molecule has 62 valence electrons. The maximum absolute atomic E-state index is 12.7. The molecule has 2 aromatic rings. The lowest BCUT2D eigenvalue weighted by Crippen LogP contribution is -1.88. The second-order valence-corrected chi connectivity index (χ2v) is 2.93. The van der Waals surface area contributed by atoms with Crippen LogP contribution in [0.5, 0.6) is 0 Å². The van der Waals surface area contributed by atoms with E-state index in [0.29, 0.717) is 10.7 Å². The van der Waals surface area contributed by atoms with Crippen molar-refractivity contribution >= 4 is 22.5 Å². The van der Waals surface area contributed by atoms with Crippen molar-refractivity contribution in [2.75, 3.05) is 0 Å². The van der Waals surface area contributed by atoms with E-state index in [1.54, 1.807) is 17.8 Å². The molecule has 1 aromatic carbocycles. The van der Waals surface area contributed by atoms with Crippen LogP contribution in [-0.4, -0.2) is 9.78 Å². The van der Waals surface area contributed by atoms with E-state index in [9.17, 15) is 4.39 Å². The highest BCUT2D eigenvalue weighted by atomic mass is 35.5. The molecule has 4 heteroatoms. The summed E-state index contributed by atoms with van der Waals surface area (Å²) in [6, 6.07) is 4.41. The molecule has 1 heterocycles. The fraction of sp³-hybridized carbons (Fsp3) is 0.125. The van der Waals surface area contributed by atoms with Crippen molar-refractivity contribution in [2.45, 2.75) is 0 Å². The average molecular weight is 185 g/mol. The molecule has 1 aromatic heterocycles. The molecule has 2 rings (SSSR count). The van der Waals surface area contributed by atoms with Crippen LogP contribution in [0.25, 0.3) is 10.9 Å². The fourth-order valence-electron chi connectivity index (χ4n) is 1.19. The summed E-state index contributed by atoms with van der Waals surface area (Å²) in [4.78, 5) is 0. The van der Waals surface area contributed by atoms with Crippen LogP contribution in [-0.2, 0) is 7.05 Å². The smallest absolute Gasteiger partial charge is 0.158 e. The Morgan fingerprint density at radius 1 is 1.50 bits per heavy atom.